The van der Waals surface area contributed by atoms with Gasteiger partial charge in [-0.3, -0.25) is 0 Å². The van der Waals surface area contributed by atoms with Crippen LogP contribution in [0.2, 0.25) is 0 Å². The topological polar surface area (TPSA) is 73.1 Å². The van der Waals surface area contributed by atoms with Crippen LogP contribution in [0.1, 0.15) is 37.4 Å². The summed E-state index contributed by atoms with van der Waals surface area (Å²) in [5, 5.41) is 3.39. The lowest BCUT2D eigenvalue weighted by Crippen LogP contribution is -2.12. The minimum absolute atomic E-state index is 0.314. The highest BCUT2D eigenvalue weighted by molar-refractivity contribution is 5.53. The van der Waals surface area contributed by atoms with E-state index in [0.717, 1.165) is 55.1 Å². The van der Waals surface area contributed by atoms with Crippen LogP contribution in [0.5, 0.6) is 0 Å². The van der Waals surface area contributed by atoms with E-state index in [1.54, 1.807) is 7.11 Å². The summed E-state index contributed by atoms with van der Waals surface area (Å²) in [6.07, 6.45) is 10.2. The molecule has 0 saturated heterocycles. The molecule has 0 fully saturated rings. The number of allylic oxidation sites excluding steroid dienone is 3. The molecule has 5 nitrogen and oxygen atoms in total. The van der Waals surface area contributed by atoms with Gasteiger partial charge < -0.3 is 15.8 Å². The number of nitrogens with one attached hydrogen (secondary N) is 1. The van der Waals surface area contributed by atoms with Crippen LogP contribution in [-0.4, -0.2) is 23.6 Å². The molecule has 0 saturated carbocycles. The third kappa shape index (κ3) is 4.00. The van der Waals surface area contributed by atoms with Gasteiger partial charge in [-0.25, -0.2) is 4.98 Å². The molecule has 1 heterocycles. The molecule has 0 aromatic carbocycles. The van der Waals surface area contributed by atoms with E-state index in [4.69, 9.17) is 10.5 Å². The molecule has 1 radical (unpaired) electrons. The molecular weight excluding hydrogens is 276 g/mol. The van der Waals surface area contributed by atoms with Crippen LogP contribution in [0.25, 0.3) is 0 Å². The molecule has 22 heavy (non-hydrogen) atoms. The summed E-state index contributed by atoms with van der Waals surface area (Å²) in [6.45, 7) is 5.03. The average Bonchev–Trinajstić information content (AvgIpc) is 2.51. The van der Waals surface area contributed by atoms with Crippen molar-refractivity contribution in [2.24, 2.45) is 0 Å². The van der Waals surface area contributed by atoms with Crippen LogP contribution in [0.3, 0.4) is 0 Å². The number of hydrogen-bond donors (Lipinski definition) is 2. The van der Waals surface area contributed by atoms with Crippen molar-refractivity contribution in [1.29, 1.82) is 0 Å². The number of unbranched alkanes of at least 4 members (excludes halogenated alkanes) is 1. The van der Waals surface area contributed by atoms with E-state index in [-0.39, 0.29) is 0 Å². The fraction of sp³-hybridized carbons (Fsp3) is 0.471. The zero-order chi connectivity index (χ0) is 15.9. The van der Waals surface area contributed by atoms with Crippen molar-refractivity contribution in [3.05, 3.63) is 41.2 Å². The van der Waals surface area contributed by atoms with E-state index in [9.17, 15) is 0 Å². The number of nitrogens with zero attached hydrogens (tertiary/aromatic N) is 2. The molecule has 1 aromatic heterocycles. The Labute approximate surface area is 132 Å². The standard InChI is InChI=1S/C17H25N4O/c1-4-5-10-19-16-14(12(2)20-17(18)21-16)11-13-8-6-7-9-15(13)22-3/h7-9H,4-6,10-11H2,1-3H3,(H3,18,19,20,21). The molecule has 0 spiro atoms. The number of aromatic nitrogens is 2. The maximum atomic E-state index is 5.80. The quantitative estimate of drug-likeness (QED) is 0.757. The van der Waals surface area contributed by atoms with Crippen molar-refractivity contribution in [2.45, 2.75) is 39.5 Å². The molecule has 119 valence electrons. The van der Waals surface area contributed by atoms with Gasteiger partial charge in [0.05, 0.1) is 7.11 Å². The molecule has 0 unspecified atom stereocenters. The second-order valence-corrected chi connectivity index (χ2v) is 5.39. The monoisotopic (exact) mass is 301 g/mol. The summed E-state index contributed by atoms with van der Waals surface area (Å²) in [6, 6.07) is 0. The number of hydrogen-bond acceptors (Lipinski definition) is 5. The number of nitrogens with two attached hydrogens (primary N) is 1. The number of rotatable bonds is 7. The van der Waals surface area contributed by atoms with Crippen molar-refractivity contribution in [2.75, 3.05) is 24.7 Å². The first-order valence-corrected chi connectivity index (χ1v) is 7.79. The molecule has 0 amide bonds. The number of nitrogen functional groups attached to an aromatic ring is 1. The first-order valence-electron chi connectivity index (χ1n) is 7.79. The lowest BCUT2D eigenvalue weighted by Gasteiger charge is -2.18. The molecule has 0 atom stereocenters. The Bertz CT molecular complexity index is 578. The van der Waals surface area contributed by atoms with Gasteiger partial charge in [0, 0.05) is 24.2 Å². The largest absolute Gasteiger partial charge is 0.497 e. The zero-order valence-electron chi connectivity index (χ0n) is 13.6. The molecule has 1 aliphatic carbocycles. The summed E-state index contributed by atoms with van der Waals surface area (Å²) in [7, 11) is 1.70. The Morgan fingerprint density at radius 3 is 2.91 bits per heavy atom. The Hall–Kier alpha value is -2.04. The third-order valence-electron chi connectivity index (χ3n) is 3.73. The second-order valence-electron chi connectivity index (χ2n) is 5.39. The van der Waals surface area contributed by atoms with Crippen molar-refractivity contribution >= 4 is 11.8 Å². The molecule has 1 aromatic rings. The van der Waals surface area contributed by atoms with Crippen molar-refractivity contribution in [3.63, 3.8) is 0 Å². The van der Waals surface area contributed by atoms with E-state index >= 15 is 0 Å². The predicted octanol–water partition coefficient (Wildman–Crippen LogP) is 3.19. The highest BCUT2D eigenvalue weighted by Crippen LogP contribution is 2.27. The minimum Gasteiger partial charge on any atom is -0.497 e. The molecular formula is C17H25N4O. The summed E-state index contributed by atoms with van der Waals surface area (Å²) in [4.78, 5) is 8.69. The van der Waals surface area contributed by atoms with Gasteiger partial charge in [0.2, 0.25) is 5.95 Å². The van der Waals surface area contributed by atoms with Crippen LogP contribution < -0.4 is 11.1 Å². The molecule has 1 aliphatic rings. The van der Waals surface area contributed by atoms with E-state index in [2.05, 4.69) is 34.7 Å². The van der Waals surface area contributed by atoms with Gasteiger partial charge in [-0.05, 0) is 37.8 Å². The summed E-state index contributed by atoms with van der Waals surface area (Å²) < 4.78 is 5.45. The van der Waals surface area contributed by atoms with Crippen LogP contribution in [0.15, 0.2) is 23.5 Å². The number of anilines is 2. The van der Waals surface area contributed by atoms with E-state index in [1.807, 2.05) is 13.0 Å². The summed E-state index contributed by atoms with van der Waals surface area (Å²) in [5.74, 6) is 2.06. The van der Waals surface area contributed by atoms with Gasteiger partial charge in [0.25, 0.3) is 0 Å². The lowest BCUT2D eigenvalue weighted by molar-refractivity contribution is 0.297. The average molecular weight is 301 g/mol. The van der Waals surface area contributed by atoms with Gasteiger partial charge in [0.1, 0.15) is 11.6 Å². The minimum atomic E-state index is 0.314. The lowest BCUT2D eigenvalue weighted by atomic mass is 9.97. The van der Waals surface area contributed by atoms with Crippen molar-refractivity contribution in [3.8, 4) is 0 Å². The SMILES string of the molecule is CCCCNc1nc(N)nc(C)c1CC1=CC[CH]C=C1OC. The first-order chi connectivity index (χ1) is 10.7. The van der Waals surface area contributed by atoms with E-state index < -0.39 is 0 Å². The van der Waals surface area contributed by atoms with Crippen molar-refractivity contribution in [1.82, 2.24) is 9.97 Å². The van der Waals surface area contributed by atoms with Gasteiger partial charge in [-0.15, -0.1) is 0 Å². The Morgan fingerprint density at radius 1 is 1.36 bits per heavy atom. The van der Waals surface area contributed by atoms with Gasteiger partial charge in [-0.2, -0.15) is 4.98 Å². The van der Waals surface area contributed by atoms with Gasteiger partial charge in [-0.1, -0.05) is 19.4 Å². The van der Waals surface area contributed by atoms with Gasteiger partial charge >= 0.3 is 0 Å². The van der Waals surface area contributed by atoms with E-state index in [1.165, 1.54) is 5.57 Å². The fourth-order valence-corrected chi connectivity index (χ4v) is 2.50. The smallest absolute Gasteiger partial charge is 0.222 e. The fourth-order valence-electron chi connectivity index (χ4n) is 2.50. The molecule has 0 aliphatic heterocycles. The zero-order valence-corrected chi connectivity index (χ0v) is 13.6. The summed E-state index contributed by atoms with van der Waals surface area (Å²) >= 11 is 0. The Morgan fingerprint density at radius 2 is 2.18 bits per heavy atom. The Kier molecular flexibility index (Phi) is 5.81. The molecule has 2 rings (SSSR count). The highest BCUT2D eigenvalue weighted by atomic mass is 16.5. The number of aryl methyl sites for hydroxylation is 1. The number of methoxy groups -OCH3 is 1. The van der Waals surface area contributed by atoms with Crippen LogP contribution in [0.4, 0.5) is 11.8 Å². The summed E-state index contributed by atoms with van der Waals surface area (Å²) in [5.41, 5.74) is 8.97. The van der Waals surface area contributed by atoms with Gasteiger partial charge in [0.15, 0.2) is 0 Å². The van der Waals surface area contributed by atoms with Crippen LogP contribution >= 0.6 is 0 Å². The third-order valence-corrected chi connectivity index (χ3v) is 3.73. The predicted molar refractivity (Wildman–Crippen MR) is 90.4 cm³/mol. The second kappa shape index (κ2) is 7.82. The van der Waals surface area contributed by atoms with Crippen molar-refractivity contribution < 1.29 is 4.74 Å². The van der Waals surface area contributed by atoms with Crippen LogP contribution in [0, 0.1) is 13.3 Å². The molecule has 5 heteroatoms. The van der Waals surface area contributed by atoms with Crippen LogP contribution in [-0.2, 0) is 11.2 Å². The highest BCUT2D eigenvalue weighted by Gasteiger charge is 2.16. The normalized spacial score (nSPS) is 14.3. The molecule has 0 bridgehead atoms. The maximum absolute atomic E-state index is 5.80. The molecule has 3 N–H and O–H groups in total. The number of ether oxygens (including phenoxy) is 1. The first kappa shape index (κ1) is 16.3. The van der Waals surface area contributed by atoms with E-state index in [0.29, 0.717) is 5.95 Å². The maximum Gasteiger partial charge on any atom is 0.222 e. The Balaban J connectivity index is 2.25.